The molecule has 0 amide bonds. The van der Waals surface area contributed by atoms with Gasteiger partial charge in [-0.15, -0.1) is 0 Å². The number of aliphatic hydroxyl groups is 1. The molecule has 0 radical (unpaired) electrons. The van der Waals surface area contributed by atoms with Gasteiger partial charge in [0.05, 0.1) is 6.10 Å². The molecule has 0 saturated heterocycles. The van der Waals surface area contributed by atoms with Crippen molar-refractivity contribution in [1.82, 2.24) is 0 Å². The van der Waals surface area contributed by atoms with Crippen LogP contribution >= 0.6 is 0 Å². The van der Waals surface area contributed by atoms with Crippen LogP contribution in [0.5, 0.6) is 0 Å². The van der Waals surface area contributed by atoms with Gasteiger partial charge in [0.15, 0.2) is 0 Å². The van der Waals surface area contributed by atoms with Gasteiger partial charge in [-0.2, -0.15) is 0 Å². The number of anilines is 2. The van der Waals surface area contributed by atoms with E-state index in [0.717, 1.165) is 30.6 Å². The molecule has 0 aliphatic rings. The number of para-hydroxylation sites is 1. The van der Waals surface area contributed by atoms with Gasteiger partial charge in [0.1, 0.15) is 0 Å². The lowest BCUT2D eigenvalue weighted by Gasteiger charge is -2.12. The van der Waals surface area contributed by atoms with Crippen LogP contribution in [0.1, 0.15) is 83.1 Å². The van der Waals surface area contributed by atoms with Crippen molar-refractivity contribution in [2.75, 3.05) is 5.32 Å². The molecule has 0 bridgehead atoms. The summed E-state index contributed by atoms with van der Waals surface area (Å²) < 4.78 is 0. The Hall–Kier alpha value is -1.80. The lowest BCUT2D eigenvalue weighted by molar-refractivity contribution is 0.161. The molecule has 2 aromatic rings. The van der Waals surface area contributed by atoms with Crippen LogP contribution in [0.4, 0.5) is 11.4 Å². The minimum atomic E-state index is -0.220. The Bertz CT molecular complexity index is 608. The second kappa shape index (κ2) is 14.2. The Labute approximate surface area is 172 Å². The number of unbranched alkanes of at least 4 members (excludes halogenated alkanes) is 9. The van der Waals surface area contributed by atoms with E-state index in [1.54, 1.807) is 0 Å². The van der Waals surface area contributed by atoms with E-state index in [0.29, 0.717) is 0 Å². The summed E-state index contributed by atoms with van der Waals surface area (Å²) in [6.45, 7) is 2.27. The van der Waals surface area contributed by atoms with Crippen molar-refractivity contribution < 1.29 is 5.11 Å². The van der Waals surface area contributed by atoms with Crippen LogP contribution in [0.2, 0.25) is 0 Å². The summed E-state index contributed by atoms with van der Waals surface area (Å²) in [5, 5.41) is 13.7. The molecule has 0 aromatic heterocycles. The van der Waals surface area contributed by atoms with Gasteiger partial charge in [-0.05, 0) is 42.7 Å². The van der Waals surface area contributed by atoms with E-state index in [-0.39, 0.29) is 6.10 Å². The Balaban J connectivity index is 1.53. The van der Waals surface area contributed by atoms with E-state index in [1.165, 1.54) is 63.4 Å². The third kappa shape index (κ3) is 9.94. The van der Waals surface area contributed by atoms with E-state index >= 15 is 0 Å². The molecule has 0 aliphatic carbocycles. The average molecular weight is 382 g/mol. The quantitative estimate of drug-likeness (QED) is 0.311. The third-order valence-corrected chi connectivity index (χ3v) is 5.38. The van der Waals surface area contributed by atoms with Crippen LogP contribution < -0.4 is 5.32 Å². The molecule has 0 spiro atoms. The Kier molecular flexibility index (Phi) is 11.4. The summed E-state index contributed by atoms with van der Waals surface area (Å²) in [5.74, 6) is 0. The van der Waals surface area contributed by atoms with Gasteiger partial charge in [-0.3, -0.25) is 0 Å². The molecule has 0 heterocycles. The maximum Gasteiger partial charge on any atom is 0.0580 e. The molecule has 2 aromatic carbocycles. The highest BCUT2D eigenvalue weighted by atomic mass is 16.3. The van der Waals surface area contributed by atoms with Gasteiger partial charge in [-0.1, -0.05) is 101 Å². The van der Waals surface area contributed by atoms with Crippen LogP contribution in [0.25, 0.3) is 0 Å². The fraction of sp³-hybridized carbons (Fsp3) is 0.538. The molecule has 1 atom stereocenters. The minimum Gasteiger partial charge on any atom is -0.393 e. The van der Waals surface area contributed by atoms with Crippen LogP contribution in [0.15, 0.2) is 54.6 Å². The highest BCUT2D eigenvalue weighted by molar-refractivity contribution is 5.59. The standard InChI is InChI=1S/C26H39NO/c1-2-3-4-5-6-7-8-9-10-14-17-26(28)22-23-18-20-25(21-19-23)27-24-15-12-11-13-16-24/h11-13,15-16,18-21,26-28H,2-10,14,17,22H2,1H3. The largest absolute Gasteiger partial charge is 0.393 e. The normalized spacial score (nSPS) is 12.1. The van der Waals surface area contributed by atoms with Crippen molar-refractivity contribution in [3.8, 4) is 0 Å². The molecule has 0 aliphatic heterocycles. The summed E-state index contributed by atoms with van der Waals surface area (Å²) >= 11 is 0. The lowest BCUT2D eigenvalue weighted by Crippen LogP contribution is -2.10. The predicted molar refractivity (Wildman–Crippen MR) is 122 cm³/mol. The monoisotopic (exact) mass is 381 g/mol. The molecule has 2 nitrogen and oxygen atoms in total. The van der Waals surface area contributed by atoms with Crippen molar-refractivity contribution in [1.29, 1.82) is 0 Å². The summed E-state index contributed by atoms with van der Waals surface area (Å²) in [5.41, 5.74) is 3.38. The van der Waals surface area contributed by atoms with Crippen molar-refractivity contribution in [3.63, 3.8) is 0 Å². The summed E-state index contributed by atoms with van der Waals surface area (Å²) in [7, 11) is 0. The predicted octanol–water partition coefficient (Wildman–Crippen LogP) is 7.64. The highest BCUT2D eigenvalue weighted by Gasteiger charge is 2.06. The number of nitrogens with one attached hydrogen (secondary N) is 1. The van der Waals surface area contributed by atoms with Crippen LogP contribution in [-0.4, -0.2) is 11.2 Å². The molecule has 1 unspecified atom stereocenters. The van der Waals surface area contributed by atoms with E-state index in [9.17, 15) is 5.11 Å². The summed E-state index contributed by atoms with van der Waals surface area (Å²) in [4.78, 5) is 0. The zero-order chi connectivity index (χ0) is 19.9. The zero-order valence-corrected chi connectivity index (χ0v) is 17.7. The Morgan fingerprint density at radius 1 is 0.679 bits per heavy atom. The molecule has 2 rings (SSSR count). The highest BCUT2D eigenvalue weighted by Crippen LogP contribution is 2.18. The second-order valence-corrected chi connectivity index (χ2v) is 8.02. The second-order valence-electron chi connectivity index (χ2n) is 8.02. The maximum absolute atomic E-state index is 10.3. The smallest absolute Gasteiger partial charge is 0.0580 e. The molecule has 2 heteroatoms. The van der Waals surface area contributed by atoms with Crippen molar-refractivity contribution >= 4 is 11.4 Å². The molecule has 0 saturated carbocycles. The maximum atomic E-state index is 10.3. The zero-order valence-electron chi connectivity index (χ0n) is 17.7. The minimum absolute atomic E-state index is 0.220. The van der Waals surface area contributed by atoms with Crippen LogP contribution in [0.3, 0.4) is 0 Å². The first-order chi connectivity index (χ1) is 13.8. The number of benzene rings is 2. The summed E-state index contributed by atoms with van der Waals surface area (Å²) in [6.07, 6.45) is 14.9. The van der Waals surface area contributed by atoms with Gasteiger partial charge < -0.3 is 10.4 Å². The third-order valence-electron chi connectivity index (χ3n) is 5.38. The van der Waals surface area contributed by atoms with E-state index in [1.807, 2.05) is 18.2 Å². The average Bonchev–Trinajstić information content (AvgIpc) is 2.72. The topological polar surface area (TPSA) is 32.3 Å². The van der Waals surface area contributed by atoms with Gasteiger partial charge >= 0.3 is 0 Å². The Morgan fingerprint density at radius 3 is 1.82 bits per heavy atom. The fourth-order valence-corrected chi connectivity index (χ4v) is 3.65. The molecule has 28 heavy (non-hydrogen) atoms. The first-order valence-corrected chi connectivity index (χ1v) is 11.4. The number of rotatable bonds is 15. The molecule has 0 fully saturated rings. The first kappa shape index (κ1) is 22.5. The van der Waals surface area contributed by atoms with E-state index in [2.05, 4.69) is 48.6 Å². The molecule has 154 valence electrons. The molecule has 2 N–H and O–H groups in total. The number of hydrogen-bond acceptors (Lipinski definition) is 2. The van der Waals surface area contributed by atoms with Gasteiger partial charge in [0, 0.05) is 11.4 Å². The van der Waals surface area contributed by atoms with E-state index in [4.69, 9.17) is 0 Å². The van der Waals surface area contributed by atoms with Gasteiger partial charge in [0.2, 0.25) is 0 Å². The van der Waals surface area contributed by atoms with Crippen LogP contribution in [0, 0.1) is 0 Å². The lowest BCUT2D eigenvalue weighted by atomic mass is 10.0. The molecular weight excluding hydrogens is 342 g/mol. The first-order valence-electron chi connectivity index (χ1n) is 11.4. The number of aliphatic hydroxyl groups excluding tert-OH is 1. The van der Waals surface area contributed by atoms with E-state index < -0.39 is 0 Å². The van der Waals surface area contributed by atoms with Crippen molar-refractivity contribution in [2.45, 2.75) is 90.1 Å². The van der Waals surface area contributed by atoms with Crippen molar-refractivity contribution in [2.24, 2.45) is 0 Å². The summed E-state index contributed by atoms with van der Waals surface area (Å²) in [6, 6.07) is 18.6. The van der Waals surface area contributed by atoms with Crippen LogP contribution in [-0.2, 0) is 6.42 Å². The fourth-order valence-electron chi connectivity index (χ4n) is 3.65. The van der Waals surface area contributed by atoms with Gasteiger partial charge in [-0.25, -0.2) is 0 Å². The SMILES string of the molecule is CCCCCCCCCCCCC(O)Cc1ccc(Nc2ccccc2)cc1. The Morgan fingerprint density at radius 2 is 1.21 bits per heavy atom. The number of hydrogen-bond donors (Lipinski definition) is 2. The van der Waals surface area contributed by atoms with Gasteiger partial charge in [0.25, 0.3) is 0 Å². The van der Waals surface area contributed by atoms with Crippen molar-refractivity contribution in [3.05, 3.63) is 60.2 Å². The molecular formula is C26H39NO.